The number of rotatable bonds is 6. The number of aromatic amines is 1. The highest BCUT2D eigenvalue weighted by molar-refractivity contribution is 7.99. The van der Waals surface area contributed by atoms with Crippen LogP contribution in [-0.4, -0.2) is 26.8 Å². The van der Waals surface area contributed by atoms with Crippen molar-refractivity contribution < 1.29 is 14.1 Å². The number of nitrogens with zero attached hydrogens (tertiary/aromatic N) is 2. The van der Waals surface area contributed by atoms with Gasteiger partial charge in [-0.15, -0.1) is 23.1 Å². The van der Waals surface area contributed by atoms with Crippen molar-refractivity contribution in [3.63, 3.8) is 0 Å². The van der Waals surface area contributed by atoms with Crippen molar-refractivity contribution in [3.05, 3.63) is 43.6 Å². The van der Waals surface area contributed by atoms with E-state index in [9.17, 15) is 9.59 Å². The fourth-order valence-corrected chi connectivity index (χ4v) is 5.50. The van der Waals surface area contributed by atoms with E-state index >= 15 is 0 Å². The van der Waals surface area contributed by atoms with Gasteiger partial charge in [0, 0.05) is 16.2 Å². The predicted octanol–water partition coefficient (Wildman–Crippen LogP) is 3.05. The molecule has 142 valence electrons. The molecule has 4 rings (SSSR count). The Morgan fingerprint density at radius 3 is 3.00 bits per heavy atom. The zero-order chi connectivity index (χ0) is 19.0. The fourth-order valence-electron chi connectivity index (χ4n) is 3.25. The zero-order valence-electron chi connectivity index (χ0n) is 15.1. The summed E-state index contributed by atoms with van der Waals surface area (Å²) in [5.41, 5.74) is 2.85. The standard InChI is InChI=1S/C18H19N3O4S2/c1-9-12(10(2)25-21-9)7-26-8-15(22)24-6-14-19-17(23)16-11-4-3-5-13(11)27-18(16)20-14/h3-8H2,1-2H3,(H,19,20,23). The van der Waals surface area contributed by atoms with Crippen LogP contribution in [0.15, 0.2) is 9.32 Å². The lowest BCUT2D eigenvalue weighted by Crippen LogP contribution is -2.15. The smallest absolute Gasteiger partial charge is 0.316 e. The molecule has 0 fully saturated rings. The van der Waals surface area contributed by atoms with Gasteiger partial charge < -0.3 is 14.2 Å². The average Bonchev–Trinajstić information content (AvgIpc) is 3.29. The molecule has 7 nitrogen and oxygen atoms in total. The number of ether oxygens (including phenoxy) is 1. The molecule has 0 atom stereocenters. The Labute approximate surface area is 163 Å². The van der Waals surface area contributed by atoms with Gasteiger partial charge in [0.2, 0.25) is 0 Å². The van der Waals surface area contributed by atoms with Crippen LogP contribution < -0.4 is 5.56 Å². The van der Waals surface area contributed by atoms with Crippen LogP contribution in [0.1, 0.15) is 39.7 Å². The third-order valence-corrected chi connectivity index (χ3v) is 6.76. The molecule has 3 heterocycles. The predicted molar refractivity (Wildman–Crippen MR) is 104 cm³/mol. The van der Waals surface area contributed by atoms with E-state index in [1.54, 1.807) is 11.3 Å². The highest BCUT2D eigenvalue weighted by Crippen LogP contribution is 2.34. The van der Waals surface area contributed by atoms with Crippen molar-refractivity contribution in [2.45, 2.75) is 45.5 Å². The second kappa shape index (κ2) is 7.47. The third kappa shape index (κ3) is 3.66. The van der Waals surface area contributed by atoms with Gasteiger partial charge in [0.1, 0.15) is 23.0 Å². The van der Waals surface area contributed by atoms with Gasteiger partial charge in [-0.25, -0.2) is 4.98 Å². The van der Waals surface area contributed by atoms with Gasteiger partial charge in [-0.2, -0.15) is 0 Å². The number of aromatic nitrogens is 3. The van der Waals surface area contributed by atoms with Crippen LogP contribution in [0.2, 0.25) is 0 Å². The normalized spacial score (nSPS) is 13.3. The molecule has 3 aromatic rings. The van der Waals surface area contributed by atoms with Crippen LogP contribution in [-0.2, 0) is 34.7 Å². The number of fused-ring (bicyclic) bond motifs is 3. The van der Waals surface area contributed by atoms with Crippen LogP contribution in [0.5, 0.6) is 0 Å². The number of carbonyl (C=O) groups excluding carboxylic acids is 1. The maximum absolute atomic E-state index is 12.4. The lowest BCUT2D eigenvalue weighted by molar-refractivity contribution is -0.141. The Bertz CT molecular complexity index is 1050. The molecule has 0 saturated carbocycles. The summed E-state index contributed by atoms with van der Waals surface area (Å²) in [5.74, 6) is 1.66. The maximum atomic E-state index is 12.4. The van der Waals surface area contributed by atoms with E-state index in [0.29, 0.717) is 17.0 Å². The molecule has 1 aliphatic carbocycles. The van der Waals surface area contributed by atoms with Crippen LogP contribution in [0.4, 0.5) is 0 Å². The number of nitrogens with one attached hydrogen (secondary N) is 1. The summed E-state index contributed by atoms with van der Waals surface area (Å²) in [5, 5.41) is 4.60. The summed E-state index contributed by atoms with van der Waals surface area (Å²) in [6, 6.07) is 0. The molecule has 0 unspecified atom stereocenters. The summed E-state index contributed by atoms with van der Waals surface area (Å²) >= 11 is 3.01. The van der Waals surface area contributed by atoms with Crippen LogP contribution in [0.25, 0.3) is 10.2 Å². The molecular weight excluding hydrogens is 386 g/mol. The van der Waals surface area contributed by atoms with Gasteiger partial charge in [0.25, 0.3) is 5.56 Å². The van der Waals surface area contributed by atoms with E-state index in [4.69, 9.17) is 9.26 Å². The van der Waals surface area contributed by atoms with Crippen molar-refractivity contribution in [1.82, 2.24) is 15.1 Å². The summed E-state index contributed by atoms with van der Waals surface area (Å²) in [6.07, 6.45) is 3.06. The van der Waals surface area contributed by atoms with E-state index in [2.05, 4.69) is 15.1 Å². The van der Waals surface area contributed by atoms with Crippen molar-refractivity contribution in [3.8, 4) is 0 Å². The van der Waals surface area contributed by atoms with Crippen molar-refractivity contribution in [2.24, 2.45) is 0 Å². The second-order valence-corrected chi connectivity index (χ2v) is 8.58. The van der Waals surface area contributed by atoms with Gasteiger partial charge in [-0.3, -0.25) is 9.59 Å². The number of carbonyl (C=O) groups is 1. The minimum atomic E-state index is -0.344. The second-order valence-electron chi connectivity index (χ2n) is 6.51. The fraction of sp³-hybridized carbons (Fsp3) is 0.444. The minimum absolute atomic E-state index is 0.0293. The number of hydrogen-bond acceptors (Lipinski definition) is 8. The Balaban J connectivity index is 1.34. The molecular formula is C18H19N3O4S2. The SMILES string of the molecule is Cc1noc(C)c1CSCC(=O)OCc1nc2sc3c(c2c(=O)[nH]1)CCC3. The molecule has 0 bridgehead atoms. The molecule has 0 saturated heterocycles. The molecule has 0 amide bonds. The van der Waals surface area contributed by atoms with Gasteiger partial charge in [0.15, 0.2) is 0 Å². The molecule has 1 aliphatic rings. The van der Waals surface area contributed by atoms with Gasteiger partial charge in [0.05, 0.1) is 16.8 Å². The maximum Gasteiger partial charge on any atom is 0.316 e. The highest BCUT2D eigenvalue weighted by Gasteiger charge is 2.21. The first kappa shape index (κ1) is 18.2. The first-order valence-electron chi connectivity index (χ1n) is 8.71. The quantitative estimate of drug-likeness (QED) is 0.629. The summed E-state index contributed by atoms with van der Waals surface area (Å²) in [7, 11) is 0. The molecule has 27 heavy (non-hydrogen) atoms. The summed E-state index contributed by atoms with van der Waals surface area (Å²) in [6.45, 7) is 3.70. The number of thiophene rings is 1. The summed E-state index contributed by atoms with van der Waals surface area (Å²) < 4.78 is 10.4. The minimum Gasteiger partial charge on any atom is -0.457 e. The Morgan fingerprint density at radius 2 is 2.22 bits per heavy atom. The number of esters is 1. The largest absolute Gasteiger partial charge is 0.457 e. The molecule has 0 aliphatic heterocycles. The Morgan fingerprint density at radius 1 is 1.37 bits per heavy atom. The number of thioether (sulfide) groups is 1. The Kier molecular flexibility index (Phi) is 5.05. The van der Waals surface area contributed by atoms with Crippen molar-refractivity contribution in [2.75, 3.05) is 5.75 Å². The molecule has 0 aromatic carbocycles. The molecule has 9 heteroatoms. The Hall–Kier alpha value is -2.13. The highest BCUT2D eigenvalue weighted by atomic mass is 32.2. The lowest BCUT2D eigenvalue weighted by Gasteiger charge is -2.05. The van der Waals surface area contributed by atoms with Gasteiger partial charge in [-0.1, -0.05) is 5.16 Å². The van der Waals surface area contributed by atoms with Crippen molar-refractivity contribution >= 4 is 39.3 Å². The van der Waals surface area contributed by atoms with E-state index in [1.807, 2.05) is 13.8 Å². The van der Waals surface area contributed by atoms with Gasteiger partial charge in [-0.05, 0) is 38.7 Å². The van der Waals surface area contributed by atoms with Crippen LogP contribution in [0.3, 0.4) is 0 Å². The monoisotopic (exact) mass is 405 g/mol. The molecule has 3 aromatic heterocycles. The lowest BCUT2D eigenvalue weighted by atomic mass is 10.2. The van der Waals surface area contributed by atoms with Gasteiger partial charge >= 0.3 is 5.97 Å². The van der Waals surface area contributed by atoms with Crippen molar-refractivity contribution in [1.29, 1.82) is 0 Å². The molecule has 0 spiro atoms. The third-order valence-electron chi connectivity index (χ3n) is 4.64. The topological polar surface area (TPSA) is 98.1 Å². The van der Waals surface area contributed by atoms with Crippen LogP contribution >= 0.6 is 23.1 Å². The average molecular weight is 406 g/mol. The van der Waals surface area contributed by atoms with Crippen LogP contribution in [0, 0.1) is 13.8 Å². The van der Waals surface area contributed by atoms with E-state index in [0.717, 1.165) is 46.7 Å². The van der Waals surface area contributed by atoms with E-state index in [1.165, 1.54) is 16.6 Å². The number of aryl methyl sites for hydroxylation is 4. The summed E-state index contributed by atoms with van der Waals surface area (Å²) in [4.78, 5) is 33.6. The molecule has 0 radical (unpaired) electrons. The first-order valence-corrected chi connectivity index (χ1v) is 10.7. The first-order chi connectivity index (χ1) is 13.0. The number of H-pyrrole nitrogens is 1. The number of hydrogen-bond donors (Lipinski definition) is 1. The zero-order valence-corrected chi connectivity index (χ0v) is 16.7. The molecule has 1 N–H and O–H groups in total. The van der Waals surface area contributed by atoms with E-state index < -0.39 is 0 Å². The van der Waals surface area contributed by atoms with E-state index in [-0.39, 0.29) is 23.9 Å².